The number of rotatable bonds is 3. The molecule has 0 saturated heterocycles. The summed E-state index contributed by atoms with van der Waals surface area (Å²) < 4.78 is 1.32. The normalized spacial score (nSPS) is 10.6. The zero-order valence-corrected chi connectivity index (χ0v) is 10.7. The smallest absolute Gasteiger partial charge is 0.289 e. The first-order valence-electron chi connectivity index (χ1n) is 5.89. The summed E-state index contributed by atoms with van der Waals surface area (Å²) in [5.74, 6) is 0.645. The van der Waals surface area contributed by atoms with Crippen LogP contribution in [0.15, 0.2) is 10.9 Å². The van der Waals surface area contributed by atoms with Crippen LogP contribution in [-0.4, -0.2) is 27.7 Å². The van der Waals surface area contributed by atoms with Crippen LogP contribution in [0.25, 0.3) is 5.65 Å². The lowest BCUT2D eigenvalue weighted by Gasteiger charge is -2.15. The zero-order chi connectivity index (χ0) is 13.3. The summed E-state index contributed by atoms with van der Waals surface area (Å²) in [6.45, 7) is 7.38. The highest BCUT2D eigenvalue weighted by atomic mass is 16.1. The highest BCUT2D eigenvalue weighted by Gasteiger charge is 2.13. The van der Waals surface area contributed by atoms with Gasteiger partial charge in [-0.1, -0.05) is 0 Å². The molecule has 18 heavy (non-hydrogen) atoms. The van der Waals surface area contributed by atoms with E-state index in [0.717, 1.165) is 13.1 Å². The Hall–Kier alpha value is -2.29. The van der Waals surface area contributed by atoms with Gasteiger partial charge in [-0.05, 0) is 32.4 Å². The number of nitrogens with zero attached hydrogens (tertiary/aromatic N) is 4. The summed E-state index contributed by atoms with van der Waals surface area (Å²) in [7, 11) is 0. The molecule has 0 aliphatic carbocycles. The van der Waals surface area contributed by atoms with Gasteiger partial charge in [0.05, 0.1) is 0 Å². The number of pyridine rings is 1. The van der Waals surface area contributed by atoms with E-state index in [0.29, 0.717) is 17.2 Å². The number of H-pyrrole nitrogens is 1. The highest BCUT2D eigenvalue weighted by molar-refractivity contribution is 5.50. The number of nitriles is 1. The molecule has 2 rings (SSSR count). The van der Waals surface area contributed by atoms with E-state index in [-0.39, 0.29) is 11.1 Å². The second-order valence-corrected chi connectivity index (χ2v) is 4.03. The Bertz CT molecular complexity index is 672. The third-order valence-corrected chi connectivity index (χ3v) is 2.99. The van der Waals surface area contributed by atoms with E-state index in [1.807, 2.05) is 24.8 Å². The van der Waals surface area contributed by atoms with E-state index in [2.05, 4.69) is 10.1 Å². The van der Waals surface area contributed by atoms with Crippen LogP contribution in [0.1, 0.15) is 25.0 Å². The van der Waals surface area contributed by atoms with Crippen molar-refractivity contribution in [1.82, 2.24) is 14.6 Å². The Labute approximate surface area is 104 Å². The molecule has 0 unspecified atom stereocenters. The maximum Gasteiger partial charge on any atom is 0.289 e. The molecule has 0 fully saturated rings. The number of aryl methyl sites for hydroxylation is 1. The lowest BCUT2D eigenvalue weighted by Crippen LogP contribution is -2.24. The first-order chi connectivity index (χ1) is 8.62. The molecule has 0 amide bonds. The van der Waals surface area contributed by atoms with Crippen LogP contribution in [0, 0.1) is 18.3 Å². The summed E-state index contributed by atoms with van der Waals surface area (Å²) in [6.07, 6.45) is 0. The summed E-state index contributed by atoms with van der Waals surface area (Å²) >= 11 is 0. The van der Waals surface area contributed by atoms with Crippen molar-refractivity contribution >= 4 is 11.6 Å². The number of fused-ring (bicyclic) bond motifs is 1. The van der Waals surface area contributed by atoms with Crippen LogP contribution < -0.4 is 10.5 Å². The molecule has 0 bridgehead atoms. The predicted molar refractivity (Wildman–Crippen MR) is 68.8 cm³/mol. The fraction of sp³-hybridized carbons (Fsp3) is 0.417. The lowest BCUT2D eigenvalue weighted by molar-refractivity contribution is 0.806. The molecular formula is C12H15N5O. The number of aromatic amines is 1. The third kappa shape index (κ3) is 1.74. The number of hydrogen-bond acceptors (Lipinski definition) is 4. The topological polar surface area (TPSA) is 77.2 Å². The maximum atomic E-state index is 12.0. The van der Waals surface area contributed by atoms with Crippen molar-refractivity contribution in [2.24, 2.45) is 0 Å². The Kier molecular flexibility index (Phi) is 3.06. The first-order valence-corrected chi connectivity index (χ1v) is 5.89. The molecule has 0 radical (unpaired) electrons. The largest absolute Gasteiger partial charge is 0.342 e. The molecule has 94 valence electrons. The maximum absolute atomic E-state index is 12.0. The third-order valence-electron chi connectivity index (χ3n) is 2.99. The number of hydrogen-bond donors (Lipinski definition) is 1. The van der Waals surface area contributed by atoms with E-state index in [4.69, 9.17) is 5.26 Å². The van der Waals surface area contributed by atoms with Gasteiger partial charge in [-0.2, -0.15) is 14.8 Å². The minimum atomic E-state index is -0.349. The van der Waals surface area contributed by atoms with E-state index in [1.165, 1.54) is 4.52 Å². The minimum absolute atomic E-state index is 0.155. The van der Waals surface area contributed by atoms with E-state index < -0.39 is 0 Å². The summed E-state index contributed by atoms with van der Waals surface area (Å²) in [4.78, 5) is 18.4. The van der Waals surface area contributed by atoms with Crippen LogP contribution in [0.4, 0.5) is 5.95 Å². The van der Waals surface area contributed by atoms with Gasteiger partial charge in [0.15, 0.2) is 5.65 Å². The van der Waals surface area contributed by atoms with Gasteiger partial charge < -0.3 is 4.90 Å². The zero-order valence-electron chi connectivity index (χ0n) is 10.7. The Balaban J connectivity index is 2.70. The van der Waals surface area contributed by atoms with Crippen molar-refractivity contribution < 1.29 is 0 Å². The number of aromatic nitrogens is 3. The summed E-state index contributed by atoms with van der Waals surface area (Å²) in [5.41, 5.74) is 0.999. The van der Waals surface area contributed by atoms with E-state index in [9.17, 15) is 4.79 Å². The summed E-state index contributed by atoms with van der Waals surface area (Å²) in [6, 6.07) is 3.67. The Morgan fingerprint density at radius 2 is 2.17 bits per heavy atom. The van der Waals surface area contributed by atoms with Crippen molar-refractivity contribution in [3.63, 3.8) is 0 Å². The van der Waals surface area contributed by atoms with Gasteiger partial charge in [0.1, 0.15) is 11.6 Å². The molecule has 0 spiro atoms. The van der Waals surface area contributed by atoms with Gasteiger partial charge in [0.25, 0.3) is 5.56 Å². The number of anilines is 1. The minimum Gasteiger partial charge on any atom is -0.342 e. The van der Waals surface area contributed by atoms with Crippen molar-refractivity contribution in [2.75, 3.05) is 18.0 Å². The van der Waals surface area contributed by atoms with Crippen molar-refractivity contribution in [3.05, 3.63) is 27.5 Å². The molecule has 2 heterocycles. The average molecular weight is 245 g/mol. The molecule has 0 aliphatic heterocycles. The van der Waals surface area contributed by atoms with Gasteiger partial charge >= 0.3 is 0 Å². The molecule has 2 aromatic rings. The monoisotopic (exact) mass is 245 g/mol. The molecule has 0 saturated carbocycles. The molecule has 1 N–H and O–H groups in total. The SMILES string of the molecule is CCN(CC)c1nc2cc(C)c(C#N)c(=O)n2[nH]1. The molecule has 0 atom stereocenters. The molecule has 6 heteroatoms. The Morgan fingerprint density at radius 1 is 1.50 bits per heavy atom. The van der Waals surface area contributed by atoms with Crippen LogP contribution in [-0.2, 0) is 0 Å². The van der Waals surface area contributed by atoms with Gasteiger partial charge in [-0.3, -0.25) is 9.89 Å². The highest BCUT2D eigenvalue weighted by Crippen LogP contribution is 2.11. The average Bonchev–Trinajstić information content (AvgIpc) is 2.75. The quantitative estimate of drug-likeness (QED) is 0.876. The van der Waals surface area contributed by atoms with Gasteiger partial charge in [0.2, 0.25) is 5.95 Å². The van der Waals surface area contributed by atoms with E-state index >= 15 is 0 Å². The van der Waals surface area contributed by atoms with Crippen LogP contribution in [0.5, 0.6) is 0 Å². The van der Waals surface area contributed by atoms with Crippen LogP contribution in [0.2, 0.25) is 0 Å². The predicted octanol–water partition coefficient (Wildman–Crippen LogP) is 1.05. The van der Waals surface area contributed by atoms with Crippen LogP contribution in [0.3, 0.4) is 0 Å². The first kappa shape index (κ1) is 12.2. The van der Waals surface area contributed by atoms with Gasteiger partial charge in [-0.25, -0.2) is 0 Å². The molecule has 0 aromatic carbocycles. The fourth-order valence-electron chi connectivity index (χ4n) is 1.94. The number of nitrogens with one attached hydrogen (secondary N) is 1. The summed E-state index contributed by atoms with van der Waals surface area (Å²) in [5, 5.41) is 11.9. The van der Waals surface area contributed by atoms with Gasteiger partial charge in [0, 0.05) is 13.1 Å². The fourth-order valence-corrected chi connectivity index (χ4v) is 1.94. The lowest BCUT2D eigenvalue weighted by atomic mass is 10.2. The van der Waals surface area contributed by atoms with Crippen molar-refractivity contribution in [1.29, 1.82) is 5.26 Å². The van der Waals surface area contributed by atoms with E-state index in [1.54, 1.807) is 13.0 Å². The molecule has 0 aliphatic rings. The van der Waals surface area contributed by atoms with Gasteiger partial charge in [-0.15, -0.1) is 0 Å². The van der Waals surface area contributed by atoms with Crippen molar-refractivity contribution in [3.8, 4) is 6.07 Å². The molecule has 6 nitrogen and oxygen atoms in total. The van der Waals surface area contributed by atoms with Crippen molar-refractivity contribution in [2.45, 2.75) is 20.8 Å². The van der Waals surface area contributed by atoms with Crippen LogP contribution >= 0.6 is 0 Å². The molecular weight excluding hydrogens is 230 g/mol. The standard InChI is InChI=1S/C12H15N5O/c1-4-16(5-2)12-14-10-6-8(3)9(7-13)11(18)17(10)15-12/h6H,4-5H2,1-3H3,(H,14,15). The molecule has 2 aromatic heterocycles. The Morgan fingerprint density at radius 3 is 2.72 bits per heavy atom. The second-order valence-electron chi connectivity index (χ2n) is 4.03. The second kappa shape index (κ2) is 4.53.